The molecule has 2 N–H and O–H groups in total. The van der Waals surface area contributed by atoms with Crippen LogP contribution in [-0.2, 0) is 11.8 Å². The maximum absolute atomic E-state index is 5.07. The number of rotatable bonds is 1. The van der Waals surface area contributed by atoms with Crippen LogP contribution in [-0.4, -0.2) is 19.9 Å². The van der Waals surface area contributed by atoms with Crippen LogP contribution in [0, 0.1) is 20.8 Å². The van der Waals surface area contributed by atoms with E-state index in [1.165, 1.54) is 22.3 Å². The molecule has 3 aromatic heterocycles. The number of aryl methyl sites for hydroxylation is 3. The van der Waals surface area contributed by atoms with E-state index in [9.17, 15) is 0 Å². The van der Waals surface area contributed by atoms with Crippen LogP contribution in [0.25, 0.3) is 45.3 Å². The summed E-state index contributed by atoms with van der Waals surface area (Å²) in [5.41, 5.74) is 14.3. The van der Waals surface area contributed by atoms with Crippen molar-refractivity contribution in [1.29, 1.82) is 0 Å². The van der Waals surface area contributed by atoms with Gasteiger partial charge in [-0.05, 0) is 102 Å². The summed E-state index contributed by atoms with van der Waals surface area (Å²) in [7, 11) is 0. The Bertz CT molecular complexity index is 1710. The molecule has 0 spiro atoms. The van der Waals surface area contributed by atoms with E-state index in [-0.39, 0.29) is 5.41 Å². The van der Waals surface area contributed by atoms with Gasteiger partial charge >= 0.3 is 0 Å². The van der Waals surface area contributed by atoms with Gasteiger partial charge in [0, 0.05) is 49.8 Å². The molecule has 8 bridgehead atoms. The van der Waals surface area contributed by atoms with Gasteiger partial charge in [0.1, 0.15) is 0 Å². The second-order valence-corrected chi connectivity index (χ2v) is 11.6. The lowest BCUT2D eigenvalue weighted by Crippen LogP contribution is -2.14. The van der Waals surface area contributed by atoms with E-state index in [1.54, 1.807) is 0 Å². The first-order chi connectivity index (χ1) is 17.2. The fourth-order valence-corrected chi connectivity index (χ4v) is 6.00. The molecule has 2 aliphatic rings. The summed E-state index contributed by atoms with van der Waals surface area (Å²) < 4.78 is 1.01. The van der Waals surface area contributed by atoms with Crippen LogP contribution in [0.1, 0.15) is 53.3 Å². The normalized spacial score (nSPS) is 14.4. The van der Waals surface area contributed by atoms with Gasteiger partial charge in [-0.25, -0.2) is 4.98 Å². The largest absolute Gasteiger partial charge is 0.355 e. The Kier molecular flexibility index (Phi) is 5.31. The average Bonchev–Trinajstić information content (AvgIpc) is 3.55. The highest BCUT2D eigenvalue weighted by Gasteiger charge is 2.28. The molecule has 1 aromatic carbocycles. The number of aromatic amines is 2. The molecule has 36 heavy (non-hydrogen) atoms. The molecule has 4 aromatic rings. The van der Waals surface area contributed by atoms with Crippen LogP contribution < -0.4 is 0 Å². The summed E-state index contributed by atoms with van der Waals surface area (Å²) in [5.74, 6) is 0. The third kappa shape index (κ3) is 4.01. The van der Waals surface area contributed by atoms with Gasteiger partial charge in [-0.2, -0.15) is 0 Å². The minimum atomic E-state index is -0.0359. The number of aromatic nitrogens is 4. The first-order valence-electron chi connectivity index (χ1n) is 12.3. The third-order valence-electron chi connectivity index (χ3n) is 7.13. The zero-order chi connectivity index (χ0) is 25.2. The van der Waals surface area contributed by atoms with Crippen LogP contribution in [0.15, 0.2) is 53.0 Å². The number of hydrogen-bond donors (Lipinski definition) is 2. The van der Waals surface area contributed by atoms with Crippen molar-refractivity contribution in [3.8, 4) is 11.1 Å². The summed E-state index contributed by atoms with van der Waals surface area (Å²) >= 11 is 3.73. The van der Waals surface area contributed by atoms with Crippen molar-refractivity contribution in [3.63, 3.8) is 0 Å². The van der Waals surface area contributed by atoms with Crippen molar-refractivity contribution in [3.05, 3.63) is 92.5 Å². The molecule has 0 radical (unpaired) electrons. The molecule has 180 valence electrons. The number of benzene rings is 1. The monoisotopic (exact) mass is 536 g/mol. The van der Waals surface area contributed by atoms with Gasteiger partial charge < -0.3 is 9.97 Å². The second-order valence-electron chi connectivity index (χ2n) is 10.7. The Balaban J connectivity index is 1.75. The minimum absolute atomic E-state index is 0.0359. The summed E-state index contributed by atoms with van der Waals surface area (Å²) in [6, 6.07) is 17.4. The number of hydrogen-bond acceptors (Lipinski definition) is 2. The highest BCUT2D eigenvalue weighted by atomic mass is 79.9. The van der Waals surface area contributed by atoms with E-state index >= 15 is 0 Å². The molecule has 0 amide bonds. The molecule has 6 rings (SSSR count). The quantitative estimate of drug-likeness (QED) is 0.226. The van der Waals surface area contributed by atoms with Crippen molar-refractivity contribution in [2.24, 2.45) is 0 Å². The predicted molar refractivity (Wildman–Crippen MR) is 154 cm³/mol. The Labute approximate surface area is 219 Å². The van der Waals surface area contributed by atoms with E-state index in [4.69, 9.17) is 9.97 Å². The predicted octanol–water partition coefficient (Wildman–Crippen LogP) is 8.36. The molecule has 0 atom stereocenters. The van der Waals surface area contributed by atoms with Crippen LogP contribution in [0.2, 0.25) is 0 Å². The number of nitrogens with one attached hydrogen (secondary N) is 2. The topological polar surface area (TPSA) is 57.4 Å². The maximum Gasteiger partial charge on any atom is 0.0737 e. The second kappa shape index (κ2) is 8.31. The molecule has 4 nitrogen and oxygen atoms in total. The Morgan fingerprint density at radius 1 is 0.778 bits per heavy atom. The lowest BCUT2D eigenvalue weighted by molar-refractivity contribution is 0.543. The first kappa shape index (κ1) is 23.0. The van der Waals surface area contributed by atoms with Gasteiger partial charge in [0.05, 0.1) is 16.9 Å². The third-order valence-corrected chi connectivity index (χ3v) is 7.78. The van der Waals surface area contributed by atoms with Gasteiger partial charge in [-0.3, -0.25) is 4.98 Å². The van der Waals surface area contributed by atoms with Gasteiger partial charge in [-0.15, -0.1) is 0 Å². The Hall–Kier alpha value is -3.44. The van der Waals surface area contributed by atoms with Crippen molar-refractivity contribution in [2.75, 3.05) is 0 Å². The first-order valence-corrected chi connectivity index (χ1v) is 13.1. The van der Waals surface area contributed by atoms with Crippen LogP contribution in [0.4, 0.5) is 0 Å². The molecule has 2 aliphatic heterocycles. The molecule has 0 unspecified atom stereocenters. The van der Waals surface area contributed by atoms with Gasteiger partial charge in [0.25, 0.3) is 0 Å². The summed E-state index contributed by atoms with van der Waals surface area (Å²) in [6.45, 7) is 11.0. The van der Waals surface area contributed by atoms with Crippen LogP contribution >= 0.6 is 15.9 Å². The number of halogens is 1. The number of nitrogens with zero attached hydrogens (tertiary/aromatic N) is 2. The molecule has 0 fully saturated rings. The lowest BCUT2D eigenvalue weighted by Gasteiger charge is -2.15. The molecule has 5 heterocycles. The fraction of sp³-hybridized carbons (Fsp3) is 0.226. The number of H-pyrrole nitrogens is 2. The molecule has 0 aliphatic carbocycles. The van der Waals surface area contributed by atoms with Crippen molar-refractivity contribution >= 4 is 50.1 Å². The van der Waals surface area contributed by atoms with Crippen molar-refractivity contribution < 1.29 is 0 Å². The van der Waals surface area contributed by atoms with Crippen LogP contribution in [0.3, 0.4) is 0 Å². The maximum atomic E-state index is 5.07. The minimum Gasteiger partial charge on any atom is -0.355 e. The molecular formula is C31H29BrN4. The zero-order valence-corrected chi connectivity index (χ0v) is 22.8. The van der Waals surface area contributed by atoms with Gasteiger partial charge in [0.2, 0.25) is 0 Å². The van der Waals surface area contributed by atoms with Crippen LogP contribution in [0.5, 0.6) is 0 Å². The SMILES string of the molecule is Cc1cc(C)c(-c2c3nc(cc4[nH]c(cc5nc(cc6ccc2[nH]6)CC5(C)C)cc4Br)C=C3)c(C)c1. The lowest BCUT2D eigenvalue weighted by atomic mass is 9.87. The molecule has 5 heteroatoms. The fourth-order valence-electron chi connectivity index (χ4n) is 5.54. The van der Waals surface area contributed by atoms with Crippen molar-refractivity contribution in [2.45, 2.75) is 46.5 Å². The highest BCUT2D eigenvalue weighted by Crippen LogP contribution is 2.36. The summed E-state index contributed by atoms with van der Waals surface area (Å²) in [4.78, 5) is 17.3. The smallest absolute Gasteiger partial charge is 0.0737 e. The van der Waals surface area contributed by atoms with E-state index in [2.05, 4.69) is 121 Å². The van der Waals surface area contributed by atoms with E-state index in [0.717, 1.165) is 61.3 Å². The Morgan fingerprint density at radius 2 is 1.53 bits per heavy atom. The summed E-state index contributed by atoms with van der Waals surface area (Å²) in [5, 5.41) is 0. The summed E-state index contributed by atoms with van der Waals surface area (Å²) in [6.07, 6.45) is 5.11. The molecule has 0 saturated heterocycles. The van der Waals surface area contributed by atoms with Crippen molar-refractivity contribution in [1.82, 2.24) is 19.9 Å². The number of fused-ring (bicyclic) bond motifs is 8. The van der Waals surface area contributed by atoms with E-state index in [1.807, 2.05) is 0 Å². The van der Waals surface area contributed by atoms with Gasteiger partial charge in [0.15, 0.2) is 0 Å². The molecular weight excluding hydrogens is 508 g/mol. The van der Waals surface area contributed by atoms with E-state index in [0.29, 0.717) is 0 Å². The highest BCUT2D eigenvalue weighted by molar-refractivity contribution is 9.10. The average molecular weight is 538 g/mol. The standard InChI is InChI=1S/C31H29BrN4/c1-17-10-18(2)29(19(3)11-17)30-25-8-6-20(33-25)12-23-16-31(4,5)28(36-23)15-22-13-24(32)27(35-22)14-21-7-9-26(30)34-21/h6-15,33,35H,16H2,1-5H3. The zero-order valence-electron chi connectivity index (χ0n) is 21.3. The van der Waals surface area contributed by atoms with E-state index < -0.39 is 0 Å². The molecule has 0 saturated carbocycles. The van der Waals surface area contributed by atoms with Gasteiger partial charge in [-0.1, -0.05) is 31.5 Å². The Morgan fingerprint density at radius 3 is 2.31 bits per heavy atom.